The molecule has 7 rings (SSSR count). The number of hydrogen-bond donors (Lipinski definition) is 0. The zero-order valence-electron chi connectivity index (χ0n) is 20.6. The average Bonchev–Trinajstić information content (AvgIpc) is 3.30. The highest BCUT2D eigenvalue weighted by Gasteiger charge is 2.52. The molecular formula is C32H27BO2. The van der Waals surface area contributed by atoms with Crippen molar-refractivity contribution >= 4 is 34.1 Å². The number of fused-ring (bicyclic) bond motifs is 4. The lowest BCUT2D eigenvalue weighted by atomic mass is 9.75. The summed E-state index contributed by atoms with van der Waals surface area (Å²) in [5.74, 6) is 0. The second-order valence-corrected chi connectivity index (χ2v) is 10.8. The van der Waals surface area contributed by atoms with Crippen LogP contribution in [0.5, 0.6) is 0 Å². The molecule has 0 bridgehead atoms. The Morgan fingerprint density at radius 1 is 0.457 bits per heavy atom. The van der Waals surface area contributed by atoms with E-state index in [1.54, 1.807) is 0 Å². The van der Waals surface area contributed by atoms with Gasteiger partial charge in [0.2, 0.25) is 0 Å². The Morgan fingerprint density at radius 2 is 0.943 bits per heavy atom. The van der Waals surface area contributed by atoms with Crippen LogP contribution >= 0.6 is 0 Å². The van der Waals surface area contributed by atoms with Crippen molar-refractivity contribution in [3.8, 4) is 33.4 Å². The highest BCUT2D eigenvalue weighted by molar-refractivity contribution is 6.65. The minimum absolute atomic E-state index is 0.371. The lowest BCUT2D eigenvalue weighted by Gasteiger charge is -2.32. The first-order valence-corrected chi connectivity index (χ1v) is 12.4. The van der Waals surface area contributed by atoms with Crippen molar-refractivity contribution in [3.05, 3.63) is 91.0 Å². The third-order valence-electron chi connectivity index (χ3n) is 8.30. The molecule has 170 valence electrons. The van der Waals surface area contributed by atoms with Crippen LogP contribution in [0.1, 0.15) is 27.7 Å². The van der Waals surface area contributed by atoms with Gasteiger partial charge in [-0.2, -0.15) is 0 Å². The van der Waals surface area contributed by atoms with Crippen molar-refractivity contribution in [2.45, 2.75) is 38.9 Å². The van der Waals surface area contributed by atoms with Gasteiger partial charge in [0.15, 0.2) is 0 Å². The molecule has 5 aromatic rings. The first kappa shape index (κ1) is 20.9. The molecule has 5 aromatic carbocycles. The normalized spacial score (nSPS) is 17.3. The fraction of sp³-hybridized carbons (Fsp3) is 0.188. The van der Waals surface area contributed by atoms with Crippen molar-refractivity contribution in [1.29, 1.82) is 0 Å². The van der Waals surface area contributed by atoms with Crippen molar-refractivity contribution in [1.82, 2.24) is 0 Å². The second-order valence-electron chi connectivity index (χ2n) is 10.8. The van der Waals surface area contributed by atoms with Gasteiger partial charge in [0, 0.05) is 0 Å². The van der Waals surface area contributed by atoms with Gasteiger partial charge in [-0.05, 0) is 88.1 Å². The Hall–Kier alpha value is -3.40. The molecule has 0 aromatic heterocycles. The number of rotatable bonds is 2. The maximum absolute atomic E-state index is 6.43. The van der Waals surface area contributed by atoms with Crippen molar-refractivity contribution < 1.29 is 9.31 Å². The molecule has 0 spiro atoms. The van der Waals surface area contributed by atoms with Crippen LogP contribution in [-0.2, 0) is 9.31 Å². The van der Waals surface area contributed by atoms with E-state index in [-0.39, 0.29) is 18.3 Å². The van der Waals surface area contributed by atoms with Gasteiger partial charge in [-0.3, -0.25) is 0 Å². The van der Waals surface area contributed by atoms with Crippen molar-refractivity contribution in [2.75, 3.05) is 0 Å². The van der Waals surface area contributed by atoms with Gasteiger partial charge in [-0.1, -0.05) is 91.0 Å². The van der Waals surface area contributed by atoms with Gasteiger partial charge in [-0.15, -0.1) is 0 Å². The Morgan fingerprint density at radius 3 is 1.66 bits per heavy atom. The lowest BCUT2D eigenvalue weighted by molar-refractivity contribution is 0.00578. The van der Waals surface area contributed by atoms with E-state index < -0.39 is 0 Å². The highest BCUT2D eigenvalue weighted by Crippen LogP contribution is 2.49. The van der Waals surface area contributed by atoms with Gasteiger partial charge in [0.05, 0.1) is 11.2 Å². The van der Waals surface area contributed by atoms with Crippen LogP contribution in [0.4, 0.5) is 0 Å². The summed E-state index contributed by atoms with van der Waals surface area (Å²) in [7, 11) is -0.388. The van der Waals surface area contributed by atoms with E-state index in [4.69, 9.17) is 9.31 Å². The van der Waals surface area contributed by atoms with E-state index in [0.29, 0.717) is 0 Å². The SMILES string of the molecule is CC1(C)OB(c2ccc(-c3ccc4c5c(cccc35)-c3ccccc3-4)c3ccccc23)OC1(C)C. The summed E-state index contributed by atoms with van der Waals surface area (Å²) >= 11 is 0. The van der Waals surface area contributed by atoms with Crippen molar-refractivity contribution in [3.63, 3.8) is 0 Å². The molecule has 0 saturated carbocycles. The van der Waals surface area contributed by atoms with Crippen LogP contribution in [0.2, 0.25) is 0 Å². The molecule has 1 heterocycles. The zero-order valence-corrected chi connectivity index (χ0v) is 20.6. The van der Waals surface area contributed by atoms with Crippen molar-refractivity contribution in [2.24, 2.45) is 0 Å². The molecule has 0 radical (unpaired) electrons. The number of hydrogen-bond acceptors (Lipinski definition) is 2. The molecule has 1 aliphatic heterocycles. The summed E-state index contributed by atoms with van der Waals surface area (Å²) < 4.78 is 12.9. The van der Waals surface area contributed by atoms with Gasteiger partial charge < -0.3 is 9.31 Å². The molecule has 1 fully saturated rings. The van der Waals surface area contributed by atoms with E-state index in [9.17, 15) is 0 Å². The van der Waals surface area contributed by atoms with Crippen LogP contribution < -0.4 is 5.46 Å². The van der Waals surface area contributed by atoms with Gasteiger partial charge >= 0.3 is 7.12 Å². The first-order valence-electron chi connectivity index (χ1n) is 12.4. The molecule has 1 aliphatic carbocycles. The Kier molecular flexibility index (Phi) is 4.23. The first-order chi connectivity index (χ1) is 16.9. The average molecular weight is 454 g/mol. The number of benzene rings is 5. The van der Waals surface area contributed by atoms with E-state index in [2.05, 4.69) is 119 Å². The third kappa shape index (κ3) is 2.86. The van der Waals surface area contributed by atoms with E-state index in [0.717, 1.165) is 5.46 Å². The standard InChI is InChI=1S/C32H27BO2/c1-31(2)32(3,4)35-33(34-31)29-19-18-23(20-10-7-8-13-25(20)29)24-16-17-28-22-12-6-5-11-21(22)26-14-9-15-27(24)30(26)28/h5-19H,1-4H3. The molecule has 0 unspecified atom stereocenters. The fourth-order valence-corrected chi connectivity index (χ4v) is 5.78. The molecular weight excluding hydrogens is 427 g/mol. The summed E-state index contributed by atoms with van der Waals surface area (Å²) in [6, 6.07) is 33.1. The topological polar surface area (TPSA) is 18.5 Å². The summed E-state index contributed by atoms with van der Waals surface area (Å²) in [4.78, 5) is 0. The van der Waals surface area contributed by atoms with Gasteiger partial charge in [0.1, 0.15) is 0 Å². The summed E-state index contributed by atoms with van der Waals surface area (Å²) in [6.07, 6.45) is 0. The predicted octanol–water partition coefficient (Wildman–Crippen LogP) is 7.61. The molecule has 3 heteroatoms. The van der Waals surface area contributed by atoms with E-state index >= 15 is 0 Å². The summed E-state index contributed by atoms with van der Waals surface area (Å²) in [5, 5.41) is 5.04. The largest absolute Gasteiger partial charge is 0.495 e. The maximum Gasteiger partial charge on any atom is 0.495 e. The molecule has 2 nitrogen and oxygen atoms in total. The van der Waals surface area contributed by atoms with Crippen LogP contribution in [0.15, 0.2) is 91.0 Å². The quantitative estimate of drug-likeness (QED) is 0.251. The Bertz CT molecular complexity index is 1620. The smallest absolute Gasteiger partial charge is 0.399 e. The van der Waals surface area contributed by atoms with Gasteiger partial charge in [0.25, 0.3) is 0 Å². The molecule has 2 aliphatic rings. The molecule has 1 saturated heterocycles. The molecule has 0 amide bonds. The predicted molar refractivity (Wildman–Crippen MR) is 147 cm³/mol. The zero-order chi connectivity index (χ0) is 23.9. The van der Waals surface area contributed by atoms with E-state index in [1.165, 1.54) is 54.9 Å². The Labute approximate surface area is 206 Å². The monoisotopic (exact) mass is 454 g/mol. The molecule has 0 atom stereocenters. The van der Waals surface area contributed by atoms with Crippen LogP contribution in [0.3, 0.4) is 0 Å². The van der Waals surface area contributed by atoms with Gasteiger partial charge in [-0.25, -0.2) is 0 Å². The maximum atomic E-state index is 6.43. The minimum atomic E-state index is -0.388. The summed E-state index contributed by atoms with van der Waals surface area (Å²) in [6.45, 7) is 8.42. The molecule has 35 heavy (non-hydrogen) atoms. The minimum Gasteiger partial charge on any atom is -0.399 e. The van der Waals surface area contributed by atoms with Crippen LogP contribution in [0, 0.1) is 0 Å². The lowest BCUT2D eigenvalue weighted by Crippen LogP contribution is -2.41. The van der Waals surface area contributed by atoms with E-state index in [1.807, 2.05) is 0 Å². The second kappa shape index (κ2) is 7.07. The third-order valence-corrected chi connectivity index (χ3v) is 8.30. The van der Waals surface area contributed by atoms with Crippen LogP contribution in [0.25, 0.3) is 54.9 Å². The van der Waals surface area contributed by atoms with Crippen LogP contribution in [-0.4, -0.2) is 18.3 Å². The Balaban J connectivity index is 1.44. The summed E-state index contributed by atoms with van der Waals surface area (Å²) in [5.41, 5.74) is 8.14. The molecule has 0 N–H and O–H groups in total. The fourth-order valence-electron chi connectivity index (χ4n) is 5.78. The highest BCUT2D eigenvalue weighted by atomic mass is 16.7.